The molecule has 1 aromatic rings. The Hall–Kier alpha value is -3.27. The molecule has 1 fully saturated rings. The second-order valence-corrected chi connectivity index (χ2v) is 14.4. The van der Waals surface area contributed by atoms with Crippen molar-refractivity contribution >= 4 is 29.5 Å². The average molecular weight is 629 g/mol. The molecule has 10 nitrogen and oxygen atoms in total. The van der Waals surface area contributed by atoms with Crippen molar-refractivity contribution in [2.75, 3.05) is 34.3 Å². The molecule has 45 heavy (non-hydrogen) atoms. The fourth-order valence-corrected chi connectivity index (χ4v) is 6.49. The molecule has 1 saturated carbocycles. The molecule has 0 saturated heterocycles. The van der Waals surface area contributed by atoms with Crippen molar-refractivity contribution in [2.24, 2.45) is 23.2 Å². The molecule has 3 amide bonds. The van der Waals surface area contributed by atoms with Crippen LogP contribution >= 0.6 is 0 Å². The first-order valence-corrected chi connectivity index (χ1v) is 16.0. The van der Waals surface area contributed by atoms with Crippen LogP contribution in [0.2, 0.25) is 0 Å². The van der Waals surface area contributed by atoms with Crippen LogP contribution in [0.4, 0.5) is 0 Å². The number of hydrogen-bond donors (Lipinski definition) is 2. The molecule has 252 valence electrons. The SMILES string of the molecule is CN[C@H](C(=O)N[C@H](C(=O)N(C)[C@H](CN(CC(=O)C1CCC[C@H]1C(=O)OC)C(C)=O)C(C)C)C(C)(C)C)C(C)(C)c1ccccc1. The summed E-state index contributed by atoms with van der Waals surface area (Å²) in [6.45, 7) is 15.0. The van der Waals surface area contributed by atoms with Gasteiger partial charge in [0.05, 0.1) is 31.7 Å². The molecular formula is C35H56N4O6. The summed E-state index contributed by atoms with van der Waals surface area (Å²) in [5.74, 6) is -2.48. The van der Waals surface area contributed by atoms with E-state index >= 15 is 0 Å². The number of carbonyl (C=O) groups excluding carboxylic acids is 5. The van der Waals surface area contributed by atoms with Crippen LogP contribution in [0.3, 0.4) is 0 Å². The van der Waals surface area contributed by atoms with Crippen molar-refractivity contribution in [3.63, 3.8) is 0 Å². The lowest BCUT2D eigenvalue weighted by Gasteiger charge is -2.41. The third kappa shape index (κ3) is 9.37. The molecular weight excluding hydrogens is 572 g/mol. The number of nitrogens with one attached hydrogen (secondary N) is 2. The van der Waals surface area contributed by atoms with Crippen LogP contribution in [-0.2, 0) is 34.1 Å². The summed E-state index contributed by atoms with van der Waals surface area (Å²) in [6, 6.07) is 7.87. The third-order valence-corrected chi connectivity index (χ3v) is 9.44. The minimum absolute atomic E-state index is 0.0661. The minimum Gasteiger partial charge on any atom is -0.469 e. The first kappa shape index (κ1) is 37.9. The van der Waals surface area contributed by atoms with Gasteiger partial charge in [-0.25, -0.2) is 0 Å². The third-order valence-electron chi connectivity index (χ3n) is 9.44. The highest BCUT2D eigenvalue weighted by Crippen LogP contribution is 2.34. The monoisotopic (exact) mass is 628 g/mol. The maximum atomic E-state index is 14.2. The van der Waals surface area contributed by atoms with Gasteiger partial charge in [0.2, 0.25) is 17.7 Å². The van der Waals surface area contributed by atoms with Gasteiger partial charge in [0.1, 0.15) is 6.04 Å². The molecule has 0 heterocycles. The van der Waals surface area contributed by atoms with E-state index in [1.807, 2.05) is 78.8 Å². The highest BCUT2D eigenvalue weighted by Gasteiger charge is 2.43. The summed E-state index contributed by atoms with van der Waals surface area (Å²) in [4.78, 5) is 69.5. The number of ether oxygens (including phenoxy) is 1. The lowest BCUT2D eigenvalue weighted by atomic mass is 9.76. The molecule has 10 heteroatoms. The van der Waals surface area contributed by atoms with Crippen LogP contribution in [0.5, 0.6) is 0 Å². The maximum Gasteiger partial charge on any atom is 0.309 e. The topological polar surface area (TPSA) is 125 Å². The standard InChI is InChI=1S/C35H56N4O6/c1-22(2)27(20-39(23(3)40)21-28(41)25-18-15-19-26(25)33(44)45-11)38(10)32(43)30(34(4,5)6)37-31(42)29(36-9)35(7,8)24-16-13-12-14-17-24/h12-14,16-17,22,25-27,29-30,36H,15,18-21H2,1-11H3,(H,37,42)/t25?,26-,27-,29-,30-/m1/s1. The quantitative estimate of drug-likeness (QED) is 0.302. The molecule has 1 aliphatic carbocycles. The lowest BCUT2D eigenvalue weighted by Crippen LogP contribution is -2.62. The number of esters is 1. The molecule has 0 radical (unpaired) electrons. The maximum absolute atomic E-state index is 14.2. The number of nitrogens with zero attached hydrogens (tertiary/aromatic N) is 2. The zero-order valence-corrected chi connectivity index (χ0v) is 29.2. The largest absolute Gasteiger partial charge is 0.469 e. The molecule has 2 rings (SSSR count). The normalized spacial score (nSPS) is 18.9. The Kier molecular flexibility index (Phi) is 13.3. The first-order valence-electron chi connectivity index (χ1n) is 16.0. The second kappa shape index (κ2) is 15.8. The van der Waals surface area contributed by atoms with Crippen LogP contribution < -0.4 is 10.6 Å². The predicted molar refractivity (Wildman–Crippen MR) is 175 cm³/mol. The van der Waals surface area contributed by atoms with E-state index in [0.29, 0.717) is 12.8 Å². The predicted octanol–water partition coefficient (Wildman–Crippen LogP) is 3.57. The average Bonchev–Trinajstić information content (AvgIpc) is 3.47. The van der Waals surface area contributed by atoms with Crippen molar-refractivity contribution in [1.82, 2.24) is 20.4 Å². The number of carbonyl (C=O) groups is 5. The fraction of sp³-hybridized carbons (Fsp3) is 0.686. The number of hydrogen-bond acceptors (Lipinski definition) is 7. The molecule has 1 unspecified atom stereocenters. The van der Waals surface area contributed by atoms with E-state index in [1.165, 1.54) is 18.9 Å². The van der Waals surface area contributed by atoms with E-state index in [2.05, 4.69) is 10.6 Å². The highest BCUT2D eigenvalue weighted by atomic mass is 16.5. The van der Waals surface area contributed by atoms with E-state index in [9.17, 15) is 24.0 Å². The van der Waals surface area contributed by atoms with Crippen LogP contribution in [0.1, 0.15) is 80.2 Å². The number of methoxy groups -OCH3 is 1. The molecule has 1 aromatic carbocycles. The Balaban J connectivity index is 2.29. The van der Waals surface area contributed by atoms with Crippen LogP contribution in [0.15, 0.2) is 30.3 Å². The summed E-state index contributed by atoms with van der Waals surface area (Å²) in [5, 5.41) is 6.21. The van der Waals surface area contributed by atoms with Crippen molar-refractivity contribution in [1.29, 1.82) is 0 Å². The van der Waals surface area contributed by atoms with Gasteiger partial charge >= 0.3 is 5.97 Å². The Morgan fingerprint density at radius 3 is 2.02 bits per heavy atom. The van der Waals surface area contributed by atoms with E-state index in [4.69, 9.17) is 4.74 Å². The Bertz CT molecular complexity index is 1190. The summed E-state index contributed by atoms with van der Waals surface area (Å²) in [7, 11) is 4.74. The molecule has 0 aromatic heterocycles. The van der Waals surface area contributed by atoms with Crippen LogP contribution in [0.25, 0.3) is 0 Å². The van der Waals surface area contributed by atoms with Gasteiger partial charge in [-0.15, -0.1) is 0 Å². The molecule has 0 bridgehead atoms. The molecule has 2 N–H and O–H groups in total. The Labute approximate surface area is 270 Å². The van der Waals surface area contributed by atoms with Crippen molar-refractivity contribution in [3.05, 3.63) is 35.9 Å². The van der Waals surface area contributed by atoms with Gasteiger partial charge in [-0.2, -0.15) is 0 Å². The van der Waals surface area contributed by atoms with E-state index < -0.39 is 46.8 Å². The molecule has 1 aliphatic rings. The zero-order chi connectivity index (χ0) is 34.3. The zero-order valence-electron chi connectivity index (χ0n) is 29.2. The summed E-state index contributed by atoms with van der Waals surface area (Å²) in [6.07, 6.45) is 1.92. The smallest absolute Gasteiger partial charge is 0.309 e. The van der Waals surface area contributed by atoms with Gasteiger partial charge in [0.25, 0.3) is 0 Å². The summed E-state index contributed by atoms with van der Waals surface area (Å²) < 4.78 is 4.91. The second-order valence-electron chi connectivity index (χ2n) is 14.4. The van der Waals surface area contributed by atoms with Gasteiger partial charge in [0, 0.05) is 31.8 Å². The summed E-state index contributed by atoms with van der Waals surface area (Å²) >= 11 is 0. The number of amides is 3. The number of Topliss-reactive ketones (excluding diaryl/α,β-unsaturated/α-hetero) is 1. The van der Waals surface area contributed by atoms with E-state index in [-0.39, 0.29) is 42.5 Å². The van der Waals surface area contributed by atoms with E-state index in [0.717, 1.165) is 12.0 Å². The Morgan fingerprint density at radius 1 is 0.956 bits per heavy atom. The van der Waals surface area contributed by atoms with Gasteiger partial charge in [0.15, 0.2) is 5.78 Å². The van der Waals surface area contributed by atoms with Gasteiger partial charge in [-0.3, -0.25) is 24.0 Å². The molecule has 0 spiro atoms. The first-order chi connectivity index (χ1) is 20.9. The van der Waals surface area contributed by atoms with Gasteiger partial charge in [-0.05, 0) is 36.8 Å². The summed E-state index contributed by atoms with van der Waals surface area (Å²) in [5.41, 5.74) is -0.206. The van der Waals surface area contributed by atoms with Crippen molar-refractivity contribution < 1.29 is 28.7 Å². The van der Waals surface area contributed by atoms with E-state index in [1.54, 1.807) is 19.0 Å². The van der Waals surface area contributed by atoms with Gasteiger partial charge < -0.3 is 25.2 Å². The lowest BCUT2D eigenvalue weighted by molar-refractivity contribution is -0.149. The van der Waals surface area contributed by atoms with Crippen LogP contribution in [0, 0.1) is 23.2 Å². The number of rotatable bonds is 14. The number of likely N-dealkylation sites (N-methyl/N-ethyl adjacent to an activating group) is 2. The molecule has 5 atom stereocenters. The van der Waals surface area contributed by atoms with Crippen molar-refractivity contribution in [3.8, 4) is 0 Å². The van der Waals surface area contributed by atoms with Gasteiger partial charge in [-0.1, -0.05) is 85.2 Å². The minimum atomic E-state index is -0.856. The van der Waals surface area contributed by atoms with Crippen molar-refractivity contribution in [2.45, 2.75) is 98.2 Å². The molecule has 0 aliphatic heterocycles. The Morgan fingerprint density at radius 2 is 1.53 bits per heavy atom. The number of benzene rings is 1. The number of ketones is 1. The van der Waals surface area contributed by atoms with Crippen LogP contribution in [-0.4, -0.2) is 91.7 Å². The highest BCUT2D eigenvalue weighted by molar-refractivity contribution is 5.92. The fourth-order valence-electron chi connectivity index (χ4n) is 6.49.